The Morgan fingerprint density at radius 2 is 1.90 bits per heavy atom. The summed E-state index contributed by atoms with van der Waals surface area (Å²) in [7, 11) is 0. The highest BCUT2D eigenvalue weighted by Gasteiger charge is 2.30. The number of aromatic nitrogens is 1. The van der Waals surface area contributed by atoms with Crippen LogP contribution in [0.15, 0.2) is 48.7 Å². The molecule has 2 aromatic rings. The van der Waals surface area contributed by atoms with E-state index in [1.165, 1.54) is 5.56 Å². The molecule has 0 aliphatic carbocycles. The van der Waals surface area contributed by atoms with Crippen molar-refractivity contribution in [3.63, 3.8) is 0 Å². The highest BCUT2D eigenvalue weighted by Crippen LogP contribution is 2.23. The number of carbonyl (C=O) groups is 1. The van der Waals surface area contributed by atoms with Crippen LogP contribution in [-0.2, 0) is 16.1 Å². The summed E-state index contributed by atoms with van der Waals surface area (Å²) in [4.78, 5) is 22.0. The van der Waals surface area contributed by atoms with Crippen molar-refractivity contribution in [1.29, 1.82) is 0 Å². The molecule has 1 N–H and O–H groups in total. The number of anilines is 2. The molecular weight excluding hydrogens is 364 g/mol. The Hall–Kier alpha value is -2.44. The van der Waals surface area contributed by atoms with E-state index in [0.717, 1.165) is 50.5 Å². The lowest BCUT2D eigenvalue weighted by molar-refractivity contribution is -0.120. The van der Waals surface area contributed by atoms with Gasteiger partial charge in [-0.05, 0) is 50.9 Å². The van der Waals surface area contributed by atoms with E-state index in [-0.39, 0.29) is 24.2 Å². The number of rotatable bonds is 5. The lowest BCUT2D eigenvalue weighted by Gasteiger charge is -2.36. The molecule has 1 aromatic heterocycles. The summed E-state index contributed by atoms with van der Waals surface area (Å²) in [5, 5.41) is 3.06. The first kappa shape index (κ1) is 19.9. The predicted molar refractivity (Wildman–Crippen MR) is 115 cm³/mol. The van der Waals surface area contributed by atoms with Gasteiger partial charge in [0.05, 0.1) is 30.1 Å². The fourth-order valence-electron chi connectivity index (χ4n) is 4.37. The van der Waals surface area contributed by atoms with E-state index in [1.807, 2.05) is 30.3 Å². The van der Waals surface area contributed by atoms with Crippen molar-refractivity contribution in [3.05, 3.63) is 54.2 Å². The molecule has 1 aromatic carbocycles. The van der Waals surface area contributed by atoms with Crippen molar-refractivity contribution in [1.82, 2.24) is 9.88 Å². The normalized spacial score (nSPS) is 25.2. The average molecular weight is 395 g/mol. The molecule has 154 valence electrons. The summed E-state index contributed by atoms with van der Waals surface area (Å²) < 4.78 is 5.79. The first-order valence-corrected chi connectivity index (χ1v) is 10.5. The monoisotopic (exact) mass is 394 g/mol. The maximum absolute atomic E-state index is 12.9. The molecular formula is C23H30N4O2. The number of amides is 1. The number of hydrogen-bond acceptors (Lipinski definition) is 5. The Balaban J connectivity index is 1.36. The number of likely N-dealkylation sites (tertiary alicyclic amines) is 1. The average Bonchev–Trinajstić information content (AvgIpc) is 3.17. The van der Waals surface area contributed by atoms with Crippen LogP contribution >= 0.6 is 0 Å². The minimum absolute atomic E-state index is 0.0570. The summed E-state index contributed by atoms with van der Waals surface area (Å²) in [6.45, 7) is 7.60. The zero-order valence-electron chi connectivity index (χ0n) is 17.3. The van der Waals surface area contributed by atoms with Gasteiger partial charge in [-0.25, -0.2) is 4.98 Å². The summed E-state index contributed by atoms with van der Waals surface area (Å²) in [5.74, 6) is 0.984. The van der Waals surface area contributed by atoms with E-state index in [9.17, 15) is 4.79 Å². The van der Waals surface area contributed by atoms with Crippen LogP contribution in [0.25, 0.3) is 0 Å². The molecule has 3 unspecified atom stereocenters. The minimum Gasteiger partial charge on any atom is -0.372 e. The van der Waals surface area contributed by atoms with Gasteiger partial charge in [0.2, 0.25) is 5.91 Å². The van der Waals surface area contributed by atoms with Crippen LogP contribution in [0, 0.1) is 0 Å². The number of benzene rings is 1. The van der Waals surface area contributed by atoms with Crippen molar-refractivity contribution in [2.24, 2.45) is 0 Å². The molecule has 4 rings (SSSR count). The molecule has 2 saturated heterocycles. The van der Waals surface area contributed by atoms with Gasteiger partial charge in [-0.1, -0.05) is 30.3 Å². The number of nitrogens with one attached hydrogen (secondary N) is 1. The highest BCUT2D eigenvalue weighted by atomic mass is 16.5. The quantitative estimate of drug-likeness (QED) is 0.843. The van der Waals surface area contributed by atoms with E-state index in [1.54, 1.807) is 6.20 Å². The van der Waals surface area contributed by atoms with Crippen molar-refractivity contribution >= 4 is 17.4 Å². The number of morpholine rings is 1. The van der Waals surface area contributed by atoms with Gasteiger partial charge in [-0.2, -0.15) is 0 Å². The number of pyridine rings is 1. The first-order chi connectivity index (χ1) is 14.1. The second-order valence-corrected chi connectivity index (χ2v) is 8.17. The third-order valence-corrected chi connectivity index (χ3v) is 5.65. The van der Waals surface area contributed by atoms with Crippen molar-refractivity contribution in [2.45, 2.75) is 51.5 Å². The number of carbonyl (C=O) groups excluding carboxylic acids is 1. The lowest BCUT2D eigenvalue weighted by atomic mass is 10.1. The standard InChI is InChI=1S/C23H30N4O2/c1-17-14-27(15-18(2)29-17)22-11-10-20(13-24-22)25-23(28)21-9-6-12-26(21)16-19-7-4-3-5-8-19/h3-5,7-8,10-11,13,17-18,21H,6,9,12,14-16H2,1-2H3,(H,25,28). The second-order valence-electron chi connectivity index (χ2n) is 8.17. The predicted octanol–water partition coefficient (Wildman–Crippen LogP) is 3.30. The van der Waals surface area contributed by atoms with Crippen molar-refractivity contribution in [2.75, 3.05) is 29.9 Å². The highest BCUT2D eigenvalue weighted by molar-refractivity contribution is 5.95. The van der Waals surface area contributed by atoms with Gasteiger partial charge < -0.3 is 15.0 Å². The van der Waals surface area contributed by atoms with Crippen LogP contribution in [0.4, 0.5) is 11.5 Å². The van der Waals surface area contributed by atoms with Gasteiger partial charge in [-0.3, -0.25) is 9.69 Å². The summed E-state index contributed by atoms with van der Waals surface area (Å²) in [6, 6.07) is 14.2. The topological polar surface area (TPSA) is 57.7 Å². The van der Waals surface area contributed by atoms with Crippen LogP contribution in [-0.4, -0.2) is 53.7 Å². The Bertz CT molecular complexity index is 801. The van der Waals surface area contributed by atoms with Gasteiger partial charge in [-0.15, -0.1) is 0 Å². The largest absolute Gasteiger partial charge is 0.372 e. The lowest BCUT2D eigenvalue weighted by Crippen LogP contribution is -2.45. The maximum atomic E-state index is 12.9. The van der Waals surface area contributed by atoms with E-state index in [4.69, 9.17) is 4.74 Å². The zero-order chi connectivity index (χ0) is 20.2. The van der Waals surface area contributed by atoms with Crippen molar-refractivity contribution in [3.8, 4) is 0 Å². The van der Waals surface area contributed by atoms with E-state index < -0.39 is 0 Å². The molecule has 2 aliphatic heterocycles. The molecule has 6 heteroatoms. The maximum Gasteiger partial charge on any atom is 0.241 e. The molecule has 2 aliphatic rings. The fourth-order valence-corrected chi connectivity index (χ4v) is 4.37. The molecule has 0 bridgehead atoms. The molecule has 0 spiro atoms. The molecule has 1 amide bonds. The van der Waals surface area contributed by atoms with E-state index >= 15 is 0 Å². The van der Waals surface area contributed by atoms with Crippen molar-refractivity contribution < 1.29 is 9.53 Å². The number of nitrogens with zero attached hydrogens (tertiary/aromatic N) is 3. The Morgan fingerprint density at radius 1 is 1.14 bits per heavy atom. The molecule has 6 nitrogen and oxygen atoms in total. The number of hydrogen-bond donors (Lipinski definition) is 1. The van der Waals surface area contributed by atoms with Crippen LogP contribution in [0.5, 0.6) is 0 Å². The summed E-state index contributed by atoms with van der Waals surface area (Å²) in [5.41, 5.74) is 1.99. The van der Waals surface area contributed by atoms with E-state index in [0.29, 0.717) is 0 Å². The smallest absolute Gasteiger partial charge is 0.241 e. The Morgan fingerprint density at radius 3 is 2.59 bits per heavy atom. The van der Waals surface area contributed by atoms with Gasteiger partial charge in [0.15, 0.2) is 0 Å². The van der Waals surface area contributed by atoms with Gasteiger partial charge in [0.1, 0.15) is 5.82 Å². The number of ether oxygens (including phenoxy) is 1. The Kier molecular flexibility index (Phi) is 6.11. The fraction of sp³-hybridized carbons (Fsp3) is 0.478. The van der Waals surface area contributed by atoms with Gasteiger partial charge in [0.25, 0.3) is 0 Å². The molecule has 0 radical (unpaired) electrons. The molecule has 3 heterocycles. The second kappa shape index (κ2) is 8.93. The zero-order valence-corrected chi connectivity index (χ0v) is 17.3. The SMILES string of the molecule is CC1CN(c2ccc(NC(=O)C3CCCN3Cc3ccccc3)cn2)CC(C)O1. The molecule has 0 saturated carbocycles. The van der Waals surface area contributed by atoms with Gasteiger partial charge in [0, 0.05) is 19.6 Å². The summed E-state index contributed by atoms with van der Waals surface area (Å²) >= 11 is 0. The molecule has 2 fully saturated rings. The molecule has 29 heavy (non-hydrogen) atoms. The van der Waals surface area contributed by atoms with E-state index in [2.05, 4.69) is 46.1 Å². The third kappa shape index (κ3) is 4.95. The summed E-state index contributed by atoms with van der Waals surface area (Å²) in [6.07, 6.45) is 4.09. The molecule has 3 atom stereocenters. The van der Waals surface area contributed by atoms with Crippen LogP contribution in [0.3, 0.4) is 0 Å². The first-order valence-electron chi connectivity index (χ1n) is 10.5. The van der Waals surface area contributed by atoms with Crippen LogP contribution < -0.4 is 10.2 Å². The van der Waals surface area contributed by atoms with Gasteiger partial charge >= 0.3 is 0 Å². The van der Waals surface area contributed by atoms with Crippen LogP contribution in [0.1, 0.15) is 32.3 Å². The minimum atomic E-state index is -0.0872. The third-order valence-electron chi connectivity index (χ3n) is 5.65. The van der Waals surface area contributed by atoms with Crippen LogP contribution in [0.2, 0.25) is 0 Å². The Labute approximate surface area is 172 Å².